The van der Waals surface area contributed by atoms with E-state index in [2.05, 4.69) is 27.3 Å². The summed E-state index contributed by atoms with van der Waals surface area (Å²) in [6.45, 7) is 0. The number of benzene rings is 2. The van der Waals surface area contributed by atoms with Crippen LogP contribution in [0, 0.1) is 11.3 Å². The number of nitrogens with one attached hydrogen (secondary N) is 1. The zero-order chi connectivity index (χ0) is 12.8. The van der Waals surface area contributed by atoms with Crippen molar-refractivity contribution in [2.75, 3.05) is 5.32 Å². The lowest BCUT2D eigenvalue weighted by atomic mass is 10.1. The van der Waals surface area contributed by atoms with Crippen LogP contribution in [-0.4, -0.2) is 0 Å². The minimum atomic E-state index is 0.792. The molecule has 0 aromatic heterocycles. The van der Waals surface area contributed by atoms with Crippen LogP contribution in [0.4, 0.5) is 5.69 Å². The Bertz CT molecular complexity index is 580. The summed E-state index contributed by atoms with van der Waals surface area (Å²) in [5.41, 5.74) is 2.73. The van der Waals surface area contributed by atoms with Gasteiger partial charge in [0.1, 0.15) is 0 Å². The van der Waals surface area contributed by atoms with E-state index in [9.17, 15) is 0 Å². The summed E-state index contributed by atoms with van der Waals surface area (Å²) in [6.07, 6.45) is 1.51. The van der Waals surface area contributed by atoms with Crippen LogP contribution in [0.5, 0.6) is 0 Å². The number of hydrogen-bond acceptors (Lipinski definition) is 2. The largest absolute Gasteiger partial charge is 0.354 e. The summed E-state index contributed by atoms with van der Waals surface area (Å²) in [6, 6.07) is 19.7. The fraction of sp³-hybridized carbons (Fsp3) is 0. The lowest BCUT2D eigenvalue weighted by molar-refractivity contribution is 1.50. The van der Waals surface area contributed by atoms with Gasteiger partial charge in [0.2, 0.25) is 0 Å². The smallest absolute Gasteiger partial charge is 0.0934 e. The second-order valence-electron chi connectivity index (χ2n) is 3.69. The zero-order valence-electron chi connectivity index (χ0n) is 9.60. The molecule has 0 aliphatic heterocycles. The molecule has 0 bridgehead atoms. The van der Waals surface area contributed by atoms with Crippen LogP contribution in [-0.2, 0) is 0 Å². The van der Waals surface area contributed by atoms with E-state index in [1.807, 2.05) is 54.6 Å². The second-order valence-corrected chi connectivity index (χ2v) is 4.60. The normalized spacial score (nSPS) is 10.8. The Morgan fingerprint density at radius 2 is 1.72 bits per heavy atom. The molecule has 88 valence electrons. The summed E-state index contributed by atoms with van der Waals surface area (Å²) in [4.78, 5) is 0. The molecule has 1 N–H and O–H groups in total. The number of nitriles is 1. The van der Waals surface area contributed by atoms with Crippen LogP contribution in [0.2, 0.25) is 0 Å². The van der Waals surface area contributed by atoms with E-state index in [0.29, 0.717) is 0 Å². The van der Waals surface area contributed by atoms with E-state index in [1.165, 1.54) is 6.08 Å². The van der Waals surface area contributed by atoms with E-state index >= 15 is 0 Å². The Morgan fingerprint density at radius 3 is 2.33 bits per heavy atom. The van der Waals surface area contributed by atoms with Gasteiger partial charge in [0.15, 0.2) is 0 Å². The maximum absolute atomic E-state index is 8.85. The predicted octanol–water partition coefficient (Wildman–Crippen LogP) is 4.43. The molecule has 2 rings (SSSR count). The van der Waals surface area contributed by atoms with Gasteiger partial charge in [0.25, 0.3) is 0 Å². The first-order chi connectivity index (χ1) is 8.79. The molecule has 0 radical (unpaired) electrons. The van der Waals surface area contributed by atoms with Gasteiger partial charge in [-0.1, -0.05) is 46.3 Å². The van der Waals surface area contributed by atoms with Crippen LogP contribution in [0.15, 0.2) is 65.1 Å². The van der Waals surface area contributed by atoms with Crippen molar-refractivity contribution in [3.05, 3.63) is 70.7 Å². The van der Waals surface area contributed by atoms with Crippen molar-refractivity contribution < 1.29 is 0 Å². The average molecular weight is 299 g/mol. The molecule has 0 spiro atoms. The van der Waals surface area contributed by atoms with Crippen LogP contribution in [0.3, 0.4) is 0 Å². The Balaban J connectivity index is 2.26. The first-order valence-corrected chi connectivity index (χ1v) is 6.26. The summed E-state index contributed by atoms with van der Waals surface area (Å²) in [7, 11) is 0. The molecule has 0 atom stereocenters. The fourth-order valence-corrected chi connectivity index (χ4v) is 1.83. The fourth-order valence-electron chi connectivity index (χ4n) is 1.56. The highest BCUT2D eigenvalue weighted by Gasteiger charge is 2.01. The molecule has 0 saturated carbocycles. The van der Waals surface area contributed by atoms with E-state index in [4.69, 9.17) is 5.26 Å². The molecule has 2 aromatic rings. The van der Waals surface area contributed by atoms with E-state index in [-0.39, 0.29) is 0 Å². The molecule has 0 heterocycles. The minimum Gasteiger partial charge on any atom is -0.354 e. The SMILES string of the molecule is N#CC=C(Nc1ccc(Br)cc1)c1ccccc1. The summed E-state index contributed by atoms with van der Waals surface area (Å²) >= 11 is 3.39. The highest BCUT2D eigenvalue weighted by molar-refractivity contribution is 9.10. The Hall–Kier alpha value is -2.05. The zero-order valence-corrected chi connectivity index (χ0v) is 11.2. The Morgan fingerprint density at radius 1 is 1.06 bits per heavy atom. The quantitative estimate of drug-likeness (QED) is 0.851. The number of rotatable bonds is 3. The van der Waals surface area contributed by atoms with Crippen molar-refractivity contribution in [2.45, 2.75) is 0 Å². The van der Waals surface area contributed by atoms with Crippen LogP contribution in [0.25, 0.3) is 5.70 Å². The molecule has 0 amide bonds. The van der Waals surface area contributed by atoms with E-state index in [0.717, 1.165) is 21.4 Å². The van der Waals surface area contributed by atoms with Gasteiger partial charge < -0.3 is 5.32 Å². The molecule has 0 aliphatic carbocycles. The van der Waals surface area contributed by atoms with Crippen LogP contribution < -0.4 is 5.32 Å². The highest BCUT2D eigenvalue weighted by atomic mass is 79.9. The number of hydrogen-bond donors (Lipinski definition) is 1. The molecular weight excluding hydrogens is 288 g/mol. The molecule has 0 saturated heterocycles. The van der Waals surface area contributed by atoms with Crippen molar-refractivity contribution in [3.63, 3.8) is 0 Å². The molecule has 0 unspecified atom stereocenters. The van der Waals surface area contributed by atoms with Gasteiger partial charge in [0, 0.05) is 16.2 Å². The first kappa shape index (κ1) is 12.4. The number of anilines is 1. The maximum Gasteiger partial charge on any atom is 0.0934 e. The third kappa shape index (κ3) is 3.22. The molecule has 0 aliphatic rings. The molecule has 3 heteroatoms. The number of allylic oxidation sites excluding steroid dienone is 1. The third-order valence-corrected chi connectivity index (χ3v) is 2.95. The Labute approximate surface area is 115 Å². The predicted molar refractivity (Wildman–Crippen MR) is 77.8 cm³/mol. The monoisotopic (exact) mass is 298 g/mol. The van der Waals surface area contributed by atoms with Gasteiger partial charge in [-0.3, -0.25) is 0 Å². The van der Waals surface area contributed by atoms with Crippen LogP contribution in [0.1, 0.15) is 5.56 Å². The van der Waals surface area contributed by atoms with Crippen molar-refractivity contribution in [1.82, 2.24) is 0 Å². The van der Waals surface area contributed by atoms with Crippen LogP contribution >= 0.6 is 15.9 Å². The highest BCUT2D eigenvalue weighted by Crippen LogP contribution is 2.20. The first-order valence-electron chi connectivity index (χ1n) is 5.47. The van der Waals surface area contributed by atoms with Gasteiger partial charge in [-0.15, -0.1) is 0 Å². The lowest BCUT2D eigenvalue weighted by Crippen LogP contribution is -1.98. The van der Waals surface area contributed by atoms with Gasteiger partial charge in [-0.2, -0.15) is 5.26 Å². The van der Waals surface area contributed by atoms with Gasteiger partial charge in [-0.25, -0.2) is 0 Å². The van der Waals surface area contributed by atoms with Crippen molar-refractivity contribution in [2.24, 2.45) is 0 Å². The maximum atomic E-state index is 8.85. The molecule has 2 aromatic carbocycles. The lowest BCUT2D eigenvalue weighted by Gasteiger charge is -2.10. The molecule has 18 heavy (non-hydrogen) atoms. The number of nitrogens with zero attached hydrogens (tertiary/aromatic N) is 1. The topological polar surface area (TPSA) is 35.8 Å². The third-order valence-electron chi connectivity index (χ3n) is 2.42. The summed E-state index contributed by atoms with van der Waals surface area (Å²) in [5.74, 6) is 0. The summed E-state index contributed by atoms with van der Waals surface area (Å²) < 4.78 is 1.03. The van der Waals surface area contributed by atoms with E-state index < -0.39 is 0 Å². The average Bonchev–Trinajstić information content (AvgIpc) is 2.42. The molecule has 2 nitrogen and oxygen atoms in total. The van der Waals surface area contributed by atoms with Gasteiger partial charge >= 0.3 is 0 Å². The Kier molecular flexibility index (Phi) is 4.16. The van der Waals surface area contributed by atoms with Gasteiger partial charge in [-0.05, 0) is 29.8 Å². The van der Waals surface area contributed by atoms with E-state index in [1.54, 1.807) is 0 Å². The standard InChI is InChI=1S/C15H11BrN2/c16-13-6-8-14(9-7-13)18-15(10-11-17)12-4-2-1-3-5-12/h1-10,18H. The van der Waals surface area contributed by atoms with Crippen molar-refractivity contribution in [1.29, 1.82) is 5.26 Å². The van der Waals surface area contributed by atoms with Gasteiger partial charge in [0.05, 0.1) is 11.8 Å². The summed E-state index contributed by atoms with van der Waals surface area (Å²) in [5, 5.41) is 12.1. The molecule has 0 fully saturated rings. The molecular formula is C15H11BrN2. The minimum absolute atomic E-state index is 0.792. The second kappa shape index (κ2) is 6.04. The van der Waals surface area contributed by atoms with Crippen molar-refractivity contribution in [3.8, 4) is 6.07 Å². The number of halogens is 1. The van der Waals surface area contributed by atoms with Crippen molar-refractivity contribution >= 4 is 27.3 Å².